The topological polar surface area (TPSA) is 260 Å². The molecule has 6 atom stereocenters. The number of nitrogens with two attached hydrogens (primary N) is 1. The Morgan fingerprint density at radius 2 is 1.78 bits per heavy atom. The zero-order valence-corrected chi connectivity index (χ0v) is 33.6. The van der Waals surface area contributed by atoms with Gasteiger partial charge in [-0.2, -0.15) is 4.72 Å². The Labute approximate surface area is 326 Å². The van der Waals surface area contributed by atoms with Crippen molar-refractivity contribution in [2.75, 3.05) is 18.5 Å². The van der Waals surface area contributed by atoms with E-state index in [1.54, 1.807) is 13.8 Å². The Morgan fingerprint density at radius 1 is 1.09 bits per heavy atom. The van der Waals surface area contributed by atoms with E-state index in [0.29, 0.717) is 24.8 Å². The molecule has 2 fully saturated rings. The highest BCUT2D eigenvalue weighted by Crippen LogP contribution is 2.40. The van der Waals surface area contributed by atoms with Crippen LogP contribution in [0.1, 0.15) is 70.8 Å². The summed E-state index contributed by atoms with van der Waals surface area (Å²) in [5, 5.41) is 20.8. The molecule has 0 bridgehead atoms. The number of ether oxygens (including phenoxy) is 1. The van der Waals surface area contributed by atoms with E-state index in [-0.39, 0.29) is 64.4 Å². The average molecular weight is 847 g/mol. The van der Waals surface area contributed by atoms with Crippen molar-refractivity contribution in [3.8, 4) is 0 Å². The molecule has 304 valence electrons. The first-order chi connectivity index (χ1) is 25.8. The van der Waals surface area contributed by atoms with Crippen LogP contribution in [0.4, 0.5) is 5.69 Å². The van der Waals surface area contributed by atoms with Gasteiger partial charge in [0.05, 0.1) is 34.4 Å². The van der Waals surface area contributed by atoms with Gasteiger partial charge in [-0.25, -0.2) is 39.9 Å². The van der Waals surface area contributed by atoms with Crippen molar-refractivity contribution in [2.45, 2.75) is 117 Å². The number of hydrogen-bond acceptors (Lipinski definition) is 12. The Bertz CT molecular complexity index is 2100. The van der Waals surface area contributed by atoms with Gasteiger partial charge in [0, 0.05) is 19.0 Å². The molecule has 5 rings (SSSR count). The summed E-state index contributed by atoms with van der Waals surface area (Å²) < 4.78 is 85.7. The maximum Gasteiger partial charge on any atom is 0.326 e. The highest BCUT2D eigenvalue weighted by molar-refractivity contribution is 7.90. The number of rotatable bonds is 16. The first-order valence-corrected chi connectivity index (χ1v) is 22.9. The van der Waals surface area contributed by atoms with E-state index in [4.69, 9.17) is 21.5 Å². The predicted molar refractivity (Wildman–Crippen MR) is 201 cm³/mol. The van der Waals surface area contributed by atoms with Crippen LogP contribution in [-0.4, -0.2) is 96.6 Å². The van der Waals surface area contributed by atoms with Gasteiger partial charge < -0.3 is 20.1 Å². The number of likely N-dealkylation sites (tertiary alicyclic amines) is 1. The maximum atomic E-state index is 13.6. The van der Waals surface area contributed by atoms with Gasteiger partial charge in [0.15, 0.2) is 0 Å². The normalized spacial score (nSPS) is 23.2. The molecule has 2 heterocycles. The van der Waals surface area contributed by atoms with Gasteiger partial charge in [0.1, 0.15) is 21.9 Å². The first kappa shape index (κ1) is 42.8. The van der Waals surface area contributed by atoms with Crippen LogP contribution in [0.3, 0.4) is 0 Å². The number of halogens is 1. The number of sulfonamides is 3. The van der Waals surface area contributed by atoms with Crippen LogP contribution < -0.4 is 25.2 Å². The lowest BCUT2D eigenvalue weighted by Crippen LogP contribution is -2.55. The molecule has 17 nitrogen and oxygen atoms in total. The molecule has 1 saturated heterocycles. The first-order valence-electron chi connectivity index (χ1n) is 18.0. The number of anilines is 1. The van der Waals surface area contributed by atoms with Gasteiger partial charge in [-0.05, 0) is 88.1 Å². The minimum absolute atomic E-state index is 0.0266. The zero-order valence-electron chi connectivity index (χ0n) is 30.4. The molecule has 55 heavy (non-hydrogen) atoms. The SMILES string of the molecule is CCOC(=O)[C@H](CCCCNS(=O)(=O)c1ccc(CC2Nc3cc(Cl)c(S(N)(=O)=O)cc3S(=O)(=O)N2)cc1)N[C@@H](C)C(=O)N1C(C(=O)O)CC2CCCCC21. The second-order valence-electron chi connectivity index (χ2n) is 14.0. The van der Waals surface area contributed by atoms with Gasteiger partial charge in [0.2, 0.25) is 36.0 Å². The molecule has 2 aromatic carbocycles. The minimum atomic E-state index is -4.28. The third kappa shape index (κ3) is 10.1. The average Bonchev–Trinajstić information content (AvgIpc) is 3.50. The number of benzene rings is 2. The van der Waals surface area contributed by atoms with E-state index in [1.165, 1.54) is 29.2 Å². The quantitative estimate of drug-likeness (QED) is 0.104. The number of carbonyl (C=O) groups is 3. The monoisotopic (exact) mass is 846 g/mol. The molecule has 0 radical (unpaired) electrons. The van der Waals surface area contributed by atoms with E-state index in [2.05, 4.69) is 20.1 Å². The fourth-order valence-corrected chi connectivity index (χ4v) is 11.1. The molecule has 1 amide bonds. The number of carboxylic acids is 1. The number of aliphatic carboxylic acids is 1. The second-order valence-corrected chi connectivity index (χ2v) is 19.4. The summed E-state index contributed by atoms with van der Waals surface area (Å²) in [6.07, 6.45) is 4.20. The Kier molecular flexibility index (Phi) is 13.5. The summed E-state index contributed by atoms with van der Waals surface area (Å²) in [5.41, 5.74) is 0.659. The van der Waals surface area contributed by atoms with Crippen LogP contribution in [0.25, 0.3) is 0 Å². The lowest BCUT2D eigenvalue weighted by atomic mass is 9.84. The molecule has 3 aliphatic rings. The number of carboxylic acid groups (broad SMARTS) is 1. The fourth-order valence-electron chi connectivity index (χ4n) is 7.56. The minimum Gasteiger partial charge on any atom is -0.480 e. The summed E-state index contributed by atoms with van der Waals surface area (Å²) in [6.45, 7) is 3.44. The van der Waals surface area contributed by atoms with Gasteiger partial charge in [0.25, 0.3) is 0 Å². The van der Waals surface area contributed by atoms with E-state index >= 15 is 0 Å². The summed E-state index contributed by atoms with van der Waals surface area (Å²) in [5.74, 6) is -1.83. The second kappa shape index (κ2) is 17.4. The standard InChI is InChI=1S/C34H47ClN6O11S3/c1-3-52-34(45)25(38-20(2)32(42)41-27-10-5-4-8-22(27)17-28(41)33(43)44)9-6-7-15-37-54(48,49)23-13-11-21(12-14-23)16-31-39-26-18-24(35)29(53(36,46)47)19-30(26)55(50,51)40-31/h11-14,18-20,22,25,27-28,31,37-40H,3-10,15-17H2,1-2H3,(H,43,44)(H2,36,46,47)/t20-,22?,25-,27?,28?,31?/m0/s1. The largest absolute Gasteiger partial charge is 0.480 e. The van der Waals surface area contributed by atoms with Crippen molar-refractivity contribution in [3.63, 3.8) is 0 Å². The van der Waals surface area contributed by atoms with E-state index in [9.17, 15) is 44.7 Å². The number of nitrogens with one attached hydrogen (secondary N) is 4. The van der Waals surface area contributed by atoms with Gasteiger partial charge >= 0.3 is 11.9 Å². The Morgan fingerprint density at radius 3 is 2.44 bits per heavy atom. The lowest BCUT2D eigenvalue weighted by molar-refractivity contribution is -0.152. The third-order valence-corrected chi connectivity index (χ3v) is 14.5. The van der Waals surface area contributed by atoms with Gasteiger partial charge in [-0.1, -0.05) is 36.6 Å². The van der Waals surface area contributed by atoms with Crippen LogP contribution in [0.15, 0.2) is 51.1 Å². The molecular weight excluding hydrogens is 800 g/mol. The van der Waals surface area contributed by atoms with Gasteiger partial charge in [-0.15, -0.1) is 0 Å². The molecule has 1 saturated carbocycles. The van der Waals surface area contributed by atoms with Crippen molar-refractivity contribution in [1.82, 2.24) is 19.7 Å². The fraction of sp³-hybridized carbons (Fsp3) is 0.559. The molecular formula is C34H47ClN6O11S3. The molecule has 0 aromatic heterocycles. The maximum absolute atomic E-state index is 13.6. The van der Waals surface area contributed by atoms with Crippen molar-refractivity contribution in [2.24, 2.45) is 11.1 Å². The van der Waals surface area contributed by atoms with Crippen molar-refractivity contribution >= 4 is 65.2 Å². The number of esters is 1. The third-order valence-electron chi connectivity index (χ3n) is 10.2. The van der Waals surface area contributed by atoms with Crippen LogP contribution in [0.2, 0.25) is 5.02 Å². The smallest absolute Gasteiger partial charge is 0.326 e. The van der Waals surface area contributed by atoms with Crippen molar-refractivity contribution in [3.05, 3.63) is 47.0 Å². The predicted octanol–water partition coefficient (Wildman–Crippen LogP) is 1.86. The van der Waals surface area contributed by atoms with E-state index in [0.717, 1.165) is 37.8 Å². The number of unbranched alkanes of at least 4 members (excludes halogenated alkanes) is 1. The van der Waals surface area contributed by atoms with E-state index in [1.807, 2.05) is 0 Å². The number of carbonyl (C=O) groups excluding carboxylic acids is 2. The van der Waals surface area contributed by atoms with Crippen LogP contribution in [0.5, 0.6) is 0 Å². The number of amides is 1. The van der Waals surface area contributed by atoms with Crippen molar-refractivity contribution < 1.29 is 49.5 Å². The number of fused-ring (bicyclic) bond motifs is 2. The van der Waals surface area contributed by atoms with Gasteiger partial charge in [-0.3, -0.25) is 14.9 Å². The van der Waals surface area contributed by atoms with Crippen LogP contribution >= 0.6 is 11.6 Å². The Hall–Kier alpha value is -3.37. The summed E-state index contributed by atoms with van der Waals surface area (Å²) >= 11 is 6.05. The summed E-state index contributed by atoms with van der Waals surface area (Å²) in [7, 11) is -12.4. The molecule has 4 unspecified atom stereocenters. The molecule has 0 spiro atoms. The van der Waals surface area contributed by atoms with Crippen LogP contribution in [0, 0.1) is 5.92 Å². The highest BCUT2D eigenvalue weighted by atomic mass is 35.5. The molecule has 7 N–H and O–H groups in total. The van der Waals surface area contributed by atoms with Crippen LogP contribution in [-0.2, 0) is 55.6 Å². The Balaban J connectivity index is 1.13. The number of nitrogens with zero attached hydrogens (tertiary/aromatic N) is 1. The molecule has 1 aliphatic carbocycles. The highest BCUT2D eigenvalue weighted by Gasteiger charge is 2.48. The van der Waals surface area contributed by atoms with E-state index < -0.39 is 71.2 Å². The molecule has 2 aliphatic heterocycles. The zero-order chi connectivity index (χ0) is 40.3. The molecule has 21 heteroatoms. The number of hydrogen-bond donors (Lipinski definition) is 6. The summed E-state index contributed by atoms with van der Waals surface area (Å²) in [4.78, 5) is 39.1. The molecule has 2 aromatic rings. The summed E-state index contributed by atoms with van der Waals surface area (Å²) in [6, 6.07) is 5.09. The number of primary sulfonamides is 1. The van der Waals surface area contributed by atoms with Crippen molar-refractivity contribution in [1.29, 1.82) is 0 Å². The lowest BCUT2D eigenvalue weighted by Gasteiger charge is -2.35.